The van der Waals surface area contributed by atoms with Crippen LogP contribution in [0.15, 0.2) is 36.4 Å². The van der Waals surface area contributed by atoms with Crippen LogP contribution in [0, 0.1) is 10.1 Å². The number of alkyl halides is 3. The Balaban J connectivity index is 2.06. The summed E-state index contributed by atoms with van der Waals surface area (Å²) in [5.41, 5.74) is 0.106. The molecule has 5 nitrogen and oxygen atoms in total. The van der Waals surface area contributed by atoms with Crippen molar-refractivity contribution in [3.8, 4) is 11.1 Å². The molecule has 0 aromatic heterocycles. The third kappa shape index (κ3) is 2.94. The number of carbonyl (C=O) groups excluding carboxylic acids is 1. The third-order valence-corrected chi connectivity index (χ3v) is 3.83. The summed E-state index contributed by atoms with van der Waals surface area (Å²) >= 11 is 0. The normalized spacial score (nSPS) is 14.0. The average Bonchev–Trinajstić information content (AvgIpc) is 2.53. The Morgan fingerprint density at radius 2 is 1.71 bits per heavy atom. The van der Waals surface area contributed by atoms with Crippen molar-refractivity contribution in [1.82, 2.24) is 0 Å². The molecule has 0 saturated heterocycles. The predicted octanol–water partition coefficient (Wildman–Crippen LogP) is 4.17. The molecule has 1 amide bonds. The maximum absolute atomic E-state index is 12.9. The molecule has 24 heavy (non-hydrogen) atoms. The summed E-state index contributed by atoms with van der Waals surface area (Å²) in [5.74, 6) is -0.0968. The number of nitrogens with one attached hydrogen (secondary N) is 1. The van der Waals surface area contributed by atoms with Crippen LogP contribution in [0.25, 0.3) is 11.1 Å². The Morgan fingerprint density at radius 3 is 2.38 bits per heavy atom. The molecule has 3 rings (SSSR count). The van der Waals surface area contributed by atoms with Crippen LogP contribution in [-0.2, 0) is 17.4 Å². The highest BCUT2D eigenvalue weighted by Gasteiger charge is 2.38. The van der Waals surface area contributed by atoms with Crippen LogP contribution < -0.4 is 5.32 Å². The Bertz CT molecular complexity index is 847. The zero-order valence-corrected chi connectivity index (χ0v) is 12.2. The first-order valence-corrected chi connectivity index (χ1v) is 7.04. The van der Waals surface area contributed by atoms with Gasteiger partial charge in [-0.05, 0) is 41.3 Å². The lowest BCUT2D eigenvalue weighted by Crippen LogP contribution is -2.18. The van der Waals surface area contributed by atoms with Gasteiger partial charge in [0.2, 0.25) is 5.91 Å². The number of aryl methyl sites for hydroxylation is 1. The molecule has 0 fully saturated rings. The molecule has 0 atom stereocenters. The molecule has 8 heteroatoms. The zero-order valence-electron chi connectivity index (χ0n) is 12.2. The number of fused-ring (bicyclic) bond motifs is 1. The largest absolute Gasteiger partial charge is 0.422 e. The summed E-state index contributed by atoms with van der Waals surface area (Å²) in [6, 6.07) is 7.82. The number of benzene rings is 2. The van der Waals surface area contributed by atoms with Gasteiger partial charge in [-0.15, -0.1) is 0 Å². The van der Waals surface area contributed by atoms with E-state index in [1.165, 1.54) is 6.07 Å². The van der Waals surface area contributed by atoms with E-state index < -0.39 is 22.4 Å². The van der Waals surface area contributed by atoms with Crippen molar-refractivity contribution in [1.29, 1.82) is 0 Å². The minimum Gasteiger partial charge on any atom is -0.326 e. The minimum atomic E-state index is -4.79. The summed E-state index contributed by atoms with van der Waals surface area (Å²) in [6.45, 7) is 0. The molecule has 1 heterocycles. The molecule has 0 aliphatic carbocycles. The first-order chi connectivity index (χ1) is 11.3. The van der Waals surface area contributed by atoms with E-state index in [2.05, 4.69) is 5.32 Å². The van der Waals surface area contributed by atoms with Crippen LogP contribution in [0.3, 0.4) is 0 Å². The molecule has 0 saturated carbocycles. The molecule has 124 valence electrons. The van der Waals surface area contributed by atoms with E-state index in [-0.39, 0.29) is 5.91 Å². The molecule has 1 aliphatic heterocycles. The maximum Gasteiger partial charge on any atom is 0.422 e. The lowest BCUT2D eigenvalue weighted by atomic mass is 9.96. The van der Waals surface area contributed by atoms with Gasteiger partial charge in [0.15, 0.2) is 0 Å². The van der Waals surface area contributed by atoms with Gasteiger partial charge in [-0.1, -0.05) is 12.1 Å². The fourth-order valence-electron chi connectivity index (χ4n) is 2.66. The smallest absolute Gasteiger partial charge is 0.326 e. The Kier molecular flexibility index (Phi) is 3.75. The highest BCUT2D eigenvalue weighted by Crippen LogP contribution is 2.38. The molecule has 0 bridgehead atoms. The van der Waals surface area contributed by atoms with E-state index >= 15 is 0 Å². The summed E-state index contributed by atoms with van der Waals surface area (Å²) in [6.07, 6.45) is -3.96. The van der Waals surface area contributed by atoms with Crippen molar-refractivity contribution < 1.29 is 22.9 Å². The number of hydrogen-bond donors (Lipinski definition) is 1. The molecule has 1 N–H and O–H groups in total. The lowest BCUT2D eigenvalue weighted by Gasteiger charge is -2.17. The monoisotopic (exact) mass is 336 g/mol. The van der Waals surface area contributed by atoms with E-state index in [0.717, 1.165) is 11.6 Å². The highest BCUT2D eigenvalue weighted by atomic mass is 19.4. The quantitative estimate of drug-likeness (QED) is 0.661. The molecule has 2 aromatic carbocycles. The number of halogens is 3. The standard InChI is InChI=1S/C16H11F3N2O3/c17-16(18,19)12-4-1-10(8-14(12)21(23)24)9-2-5-13-11(7-9)3-6-15(22)20-13/h1-2,4-5,7-8H,3,6H2,(H,20,22). The maximum atomic E-state index is 12.9. The summed E-state index contributed by atoms with van der Waals surface area (Å²) in [5, 5.41) is 13.7. The van der Waals surface area contributed by atoms with E-state index in [4.69, 9.17) is 0 Å². The van der Waals surface area contributed by atoms with E-state index in [1.807, 2.05) is 0 Å². The zero-order chi connectivity index (χ0) is 17.5. The van der Waals surface area contributed by atoms with Crippen LogP contribution >= 0.6 is 0 Å². The number of nitrogens with zero attached hydrogens (tertiary/aromatic N) is 1. The van der Waals surface area contributed by atoms with Crippen LogP contribution in [0.4, 0.5) is 24.5 Å². The van der Waals surface area contributed by atoms with Crippen molar-refractivity contribution in [3.63, 3.8) is 0 Å². The lowest BCUT2D eigenvalue weighted by molar-refractivity contribution is -0.388. The second-order valence-electron chi connectivity index (χ2n) is 5.41. The van der Waals surface area contributed by atoms with E-state index in [1.54, 1.807) is 18.2 Å². The Hall–Kier alpha value is -2.90. The van der Waals surface area contributed by atoms with Crippen LogP contribution in [0.1, 0.15) is 17.5 Å². The molecule has 0 radical (unpaired) electrons. The van der Waals surface area contributed by atoms with Gasteiger partial charge in [0, 0.05) is 18.2 Å². The molecule has 1 aliphatic rings. The van der Waals surface area contributed by atoms with Crippen molar-refractivity contribution in [2.24, 2.45) is 0 Å². The van der Waals surface area contributed by atoms with Crippen molar-refractivity contribution in [2.75, 3.05) is 5.32 Å². The summed E-state index contributed by atoms with van der Waals surface area (Å²) < 4.78 is 38.6. The molecule has 2 aromatic rings. The van der Waals surface area contributed by atoms with Gasteiger partial charge in [0.1, 0.15) is 5.56 Å². The van der Waals surface area contributed by atoms with Crippen LogP contribution in [0.5, 0.6) is 0 Å². The Labute approximate surface area is 134 Å². The van der Waals surface area contributed by atoms with Gasteiger partial charge in [-0.2, -0.15) is 13.2 Å². The van der Waals surface area contributed by atoms with Gasteiger partial charge in [-0.25, -0.2) is 0 Å². The predicted molar refractivity (Wildman–Crippen MR) is 80.5 cm³/mol. The molecular weight excluding hydrogens is 325 g/mol. The summed E-state index contributed by atoms with van der Waals surface area (Å²) in [7, 11) is 0. The van der Waals surface area contributed by atoms with E-state index in [0.29, 0.717) is 35.7 Å². The highest BCUT2D eigenvalue weighted by molar-refractivity contribution is 5.94. The van der Waals surface area contributed by atoms with Crippen LogP contribution in [0.2, 0.25) is 0 Å². The number of nitro groups is 1. The minimum absolute atomic E-state index is 0.0968. The number of rotatable bonds is 2. The van der Waals surface area contributed by atoms with Crippen LogP contribution in [-0.4, -0.2) is 10.8 Å². The number of hydrogen-bond acceptors (Lipinski definition) is 3. The first kappa shape index (κ1) is 16.0. The van der Waals surface area contributed by atoms with E-state index in [9.17, 15) is 28.1 Å². The topological polar surface area (TPSA) is 72.2 Å². The number of carbonyl (C=O) groups is 1. The molecule has 0 unspecified atom stereocenters. The number of amides is 1. The Morgan fingerprint density at radius 1 is 1.04 bits per heavy atom. The second kappa shape index (κ2) is 5.63. The van der Waals surface area contributed by atoms with Gasteiger partial charge in [0.05, 0.1) is 4.92 Å². The van der Waals surface area contributed by atoms with Gasteiger partial charge < -0.3 is 5.32 Å². The fourth-order valence-corrected chi connectivity index (χ4v) is 2.66. The number of nitro benzene ring substituents is 1. The van der Waals surface area contributed by atoms with Crippen molar-refractivity contribution in [2.45, 2.75) is 19.0 Å². The van der Waals surface area contributed by atoms with Crippen molar-refractivity contribution >= 4 is 17.3 Å². The SMILES string of the molecule is O=C1CCc2cc(-c3ccc(C(F)(F)F)c([N+](=O)[O-])c3)ccc2N1. The average molecular weight is 336 g/mol. The van der Waals surface area contributed by atoms with Gasteiger partial charge in [0.25, 0.3) is 5.69 Å². The second-order valence-corrected chi connectivity index (χ2v) is 5.41. The molecule has 0 spiro atoms. The summed E-state index contributed by atoms with van der Waals surface area (Å²) in [4.78, 5) is 21.3. The fraction of sp³-hybridized carbons (Fsp3) is 0.188. The molecular formula is C16H11F3N2O3. The first-order valence-electron chi connectivity index (χ1n) is 7.04. The van der Waals surface area contributed by atoms with Gasteiger partial charge in [-0.3, -0.25) is 14.9 Å². The van der Waals surface area contributed by atoms with Crippen molar-refractivity contribution in [3.05, 3.63) is 57.6 Å². The van der Waals surface area contributed by atoms with Gasteiger partial charge >= 0.3 is 6.18 Å². The number of anilines is 1. The third-order valence-electron chi connectivity index (χ3n) is 3.83.